The van der Waals surface area contributed by atoms with E-state index in [2.05, 4.69) is 4.98 Å². The number of carboxylic acid groups (broad SMARTS) is 1. The minimum absolute atomic E-state index is 0.228. The van der Waals surface area contributed by atoms with E-state index in [-0.39, 0.29) is 11.4 Å². The summed E-state index contributed by atoms with van der Waals surface area (Å²) >= 11 is 1.39. The normalized spacial score (nSPS) is 11.6. The summed E-state index contributed by atoms with van der Waals surface area (Å²) in [4.78, 5) is 15.0. The molecule has 0 amide bonds. The van der Waals surface area contributed by atoms with E-state index in [1.54, 1.807) is 17.5 Å². The van der Waals surface area contributed by atoms with Gasteiger partial charge in [0, 0.05) is 16.5 Å². The zero-order chi connectivity index (χ0) is 13.1. The minimum atomic E-state index is -0.966. The summed E-state index contributed by atoms with van der Waals surface area (Å²) in [5.74, 6) is -1.26. The molecule has 0 spiro atoms. The van der Waals surface area contributed by atoms with Gasteiger partial charge in [-0.3, -0.25) is 0 Å². The Hall–Kier alpha value is -2.01. The fourth-order valence-electron chi connectivity index (χ4n) is 1.36. The van der Waals surface area contributed by atoms with Gasteiger partial charge < -0.3 is 5.11 Å². The quantitative estimate of drug-likeness (QED) is 0.863. The van der Waals surface area contributed by atoms with E-state index in [1.165, 1.54) is 36.5 Å². The van der Waals surface area contributed by atoms with Crippen molar-refractivity contribution in [1.82, 2.24) is 4.98 Å². The lowest BCUT2D eigenvalue weighted by atomic mass is 10.2. The van der Waals surface area contributed by atoms with Gasteiger partial charge in [0.2, 0.25) is 0 Å². The molecule has 0 aliphatic heterocycles. The van der Waals surface area contributed by atoms with E-state index in [9.17, 15) is 9.18 Å². The van der Waals surface area contributed by atoms with Crippen molar-refractivity contribution in [3.8, 4) is 10.6 Å². The first kappa shape index (κ1) is 12.4. The van der Waals surface area contributed by atoms with Gasteiger partial charge in [0.15, 0.2) is 0 Å². The number of hydrogen-bond donors (Lipinski definition) is 1. The first-order valence-electron chi connectivity index (χ1n) is 5.19. The van der Waals surface area contributed by atoms with Crippen molar-refractivity contribution in [2.24, 2.45) is 0 Å². The first-order chi connectivity index (χ1) is 8.56. The maximum atomic E-state index is 12.8. The Morgan fingerprint density at radius 3 is 2.67 bits per heavy atom. The molecule has 0 saturated heterocycles. The van der Waals surface area contributed by atoms with Gasteiger partial charge >= 0.3 is 5.97 Å². The Kier molecular flexibility index (Phi) is 3.53. The largest absolute Gasteiger partial charge is 0.478 e. The third-order valence-corrected chi connectivity index (χ3v) is 3.22. The molecule has 0 bridgehead atoms. The van der Waals surface area contributed by atoms with Crippen molar-refractivity contribution < 1.29 is 14.3 Å². The molecule has 0 saturated carbocycles. The van der Waals surface area contributed by atoms with E-state index < -0.39 is 5.97 Å². The van der Waals surface area contributed by atoms with Gasteiger partial charge in [-0.1, -0.05) is 0 Å². The molecule has 18 heavy (non-hydrogen) atoms. The number of aliphatic carboxylic acids is 1. The lowest BCUT2D eigenvalue weighted by Crippen LogP contribution is -1.95. The van der Waals surface area contributed by atoms with Gasteiger partial charge in [0.1, 0.15) is 10.8 Å². The standard InChI is InChI=1S/C13H10FNO2S/c1-8(13(16)17)6-11-7-18-12(15-11)9-2-4-10(14)5-3-9/h2-7H,1H3,(H,16,17). The fourth-order valence-corrected chi connectivity index (χ4v) is 2.14. The van der Waals surface area contributed by atoms with Gasteiger partial charge in [-0.25, -0.2) is 14.2 Å². The van der Waals surface area contributed by atoms with Crippen LogP contribution in [0.5, 0.6) is 0 Å². The van der Waals surface area contributed by atoms with Crippen molar-refractivity contribution >= 4 is 23.4 Å². The molecule has 5 heteroatoms. The van der Waals surface area contributed by atoms with Crippen LogP contribution >= 0.6 is 11.3 Å². The number of carboxylic acids is 1. The van der Waals surface area contributed by atoms with E-state index in [4.69, 9.17) is 5.11 Å². The molecular weight excluding hydrogens is 253 g/mol. The van der Waals surface area contributed by atoms with Crippen molar-refractivity contribution in [3.63, 3.8) is 0 Å². The summed E-state index contributed by atoms with van der Waals surface area (Å²) in [6, 6.07) is 6.03. The van der Waals surface area contributed by atoms with Crippen molar-refractivity contribution in [1.29, 1.82) is 0 Å². The van der Waals surface area contributed by atoms with Crippen LogP contribution in [0.4, 0.5) is 4.39 Å². The summed E-state index contributed by atoms with van der Waals surface area (Å²) in [7, 11) is 0. The van der Waals surface area contributed by atoms with Gasteiger partial charge in [-0.2, -0.15) is 0 Å². The molecule has 0 aliphatic rings. The number of halogens is 1. The molecule has 0 fully saturated rings. The molecule has 0 aliphatic carbocycles. The average Bonchev–Trinajstić information content (AvgIpc) is 2.78. The second-order valence-electron chi connectivity index (χ2n) is 3.72. The molecule has 0 unspecified atom stereocenters. The molecule has 92 valence electrons. The number of benzene rings is 1. The zero-order valence-corrected chi connectivity index (χ0v) is 10.4. The molecule has 3 nitrogen and oxygen atoms in total. The summed E-state index contributed by atoms with van der Waals surface area (Å²) < 4.78 is 12.8. The highest BCUT2D eigenvalue weighted by molar-refractivity contribution is 7.13. The van der Waals surface area contributed by atoms with Crippen LogP contribution in [0.3, 0.4) is 0 Å². The molecule has 2 rings (SSSR count). The van der Waals surface area contributed by atoms with E-state index in [1.807, 2.05) is 0 Å². The SMILES string of the molecule is CC(=Cc1csc(-c2ccc(F)cc2)n1)C(=O)O. The number of rotatable bonds is 3. The van der Waals surface area contributed by atoms with Crippen LogP contribution in [0.1, 0.15) is 12.6 Å². The number of carbonyl (C=O) groups is 1. The van der Waals surface area contributed by atoms with E-state index in [0.29, 0.717) is 5.69 Å². The highest BCUT2D eigenvalue weighted by Gasteiger charge is 2.05. The second-order valence-corrected chi connectivity index (χ2v) is 4.58. The third-order valence-electron chi connectivity index (χ3n) is 2.31. The van der Waals surface area contributed by atoms with Gasteiger partial charge in [0.25, 0.3) is 0 Å². The maximum absolute atomic E-state index is 12.8. The van der Waals surface area contributed by atoms with Crippen LogP contribution in [0.2, 0.25) is 0 Å². The minimum Gasteiger partial charge on any atom is -0.478 e. The first-order valence-corrected chi connectivity index (χ1v) is 6.07. The fraction of sp³-hybridized carbons (Fsp3) is 0.0769. The lowest BCUT2D eigenvalue weighted by molar-refractivity contribution is -0.132. The Labute approximate surface area is 107 Å². The molecule has 1 N–H and O–H groups in total. The second kappa shape index (κ2) is 5.10. The Morgan fingerprint density at radius 2 is 2.06 bits per heavy atom. The average molecular weight is 263 g/mol. The monoisotopic (exact) mass is 263 g/mol. The Balaban J connectivity index is 2.28. The zero-order valence-electron chi connectivity index (χ0n) is 9.55. The van der Waals surface area contributed by atoms with Crippen LogP contribution in [-0.4, -0.2) is 16.1 Å². The van der Waals surface area contributed by atoms with Crippen LogP contribution < -0.4 is 0 Å². The van der Waals surface area contributed by atoms with Gasteiger partial charge in [-0.15, -0.1) is 11.3 Å². The van der Waals surface area contributed by atoms with Crippen molar-refractivity contribution in [2.45, 2.75) is 6.92 Å². The molecule has 1 aromatic heterocycles. The molecule has 0 atom stereocenters. The van der Waals surface area contributed by atoms with Crippen LogP contribution in [0, 0.1) is 5.82 Å². The number of thiazole rings is 1. The number of nitrogens with zero attached hydrogens (tertiary/aromatic N) is 1. The molecule has 1 heterocycles. The third kappa shape index (κ3) is 2.81. The Morgan fingerprint density at radius 1 is 1.39 bits per heavy atom. The smallest absolute Gasteiger partial charge is 0.331 e. The van der Waals surface area contributed by atoms with Gasteiger partial charge in [-0.05, 0) is 37.3 Å². The number of hydrogen-bond acceptors (Lipinski definition) is 3. The highest BCUT2D eigenvalue weighted by Crippen LogP contribution is 2.24. The summed E-state index contributed by atoms with van der Waals surface area (Å²) in [6.45, 7) is 1.51. The summed E-state index contributed by atoms with van der Waals surface area (Å²) in [6.07, 6.45) is 1.51. The van der Waals surface area contributed by atoms with Crippen LogP contribution in [-0.2, 0) is 4.79 Å². The highest BCUT2D eigenvalue weighted by atomic mass is 32.1. The van der Waals surface area contributed by atoms with Gasteiger partial charge in [0.05, 0.1) is 5.69 Å². The molecular formula is C13H10FNO2S. The summed E-state index contributed by atoms with van der Waals surface area (Å²) in [5, 5.41) is 11.3. The summed E-state index contributed by atoms with van der Waals surface area (Å²) in [5.41, 5.74) is 1.64. The Bertz CT molecular complexity index is 602. The predicted octanol–water partition coefficient (Wildman–Crippen LogP) is 3.44. The topological polar surface area (TPSA) is 50.2 Å². The van der Waals surface area contributed by atoms with E-state index in [0.717, 1.165) is 10.6 Å². The predicted molar refractivity (Wildman–Crippen MR) is 68.8 cm³/mol. The van der Waals surface area contributed by atoms with Crippen LogP contribution in [0.15, 0.2) is 35.2 Å². The maximum Gasteiger partial charge on any atom is 0.331 e. The lowest BCUT2D eigenvalue weighted by Gasteiger charge is -1.95. The molecule has 1 aromatic carbocycles. The molecule has 0 radical (unpaired) electrons. The number of aromatic nitrogens is 1. The van der Waals surface area contributed by atoms with E-state index >= 15 is 0 Å². The van der Waals surface area contributed by atoms with Crippen LogP contribution in [0.25, 0.3) is 16.6 Å². The van der Waals surface area contributed by atoms with Crippen molar-refractivity contribution in [3.05, 3.63) is 46.7 Å². The van der Waals surface area contributed by atoms with Crippen molar-refractivity contribution in [2.75, 3.05) is 0 Å². The molecule has 2 aromatic rings.